The zero-order chi connectivity index (χ0) is 22.9. The van der Waals surface area contributed by atoms with Crippen LogP contribution < -0.4 is 10.1 Å². The Bertz CT molecular complexity index is 1370. The second-order valence-corrected chi connectivity index (χ2v) is 8.26. The lowest BCUT2D eigenvalue weighted by atomic mass is 10.1. The van der Waals surface area contributed by atoms with Gasteiger partial charge in [0, 0.05) is 41.4 Å². The van der Waals surface area contributed by atoms with E-state index < -0.39 is 5.82 Å². The first-order valence-electron chi connectivity index (χ1n) is 10.3. The summed E-state index contributed by atoms with van der Waals surface area (Å²) in [5.74, 6) is 0.438. The quantitative estimate of drug-likeness (QED) is 0.455. The first kappa shape index (κ1) is 21.1. The molecule has 5 rings (SSSR count). The van der Waals surface area contributed by atoms with Crippen molar-refractivity contribution in [3.63, 3.8) is 0 Å². The van der Waals surface area contributed by atoms with Crippen molar-refractivity contribution >= 4 is 34.2 Å². The van der Waals surface area contributed by atoms with Crippen LogP contribution in [0.4, 0.5) is 10.2 Å². The molecule has 1 aromatic carbocycles. The molecule has 1 aliphatic carbocycles. The third kappa shape index (κ3) is 4.73. The zero-order valence-corrected chi connectivity index (χ0v) is 18.3. The van der Waals surface area contributed by atoms with Crippen molar-refractivity contribution in [1.82, 2.24) is 24.9 Å². The number of fused-ring (bicyclic) bond motifs is 1. The number of hydrogen-bond acceptors (Lipinski definition) is 7. The van der Waals surface area contributed by atoms with Crippen LogP contribution in [-0.4, -0.2) is 30.8 Å². The second-order valence-electron chi connectivity index (χ2n) is 7.83. The third-order valence-corrected chi connectivity index (χ3v) is 5.52. The van der Waals surface area contributed by atoms with Crippen LogP contribution in [0.5, 0.6) is 5.88 Å². The Kier molecular flexibility index (Phi) is 5.55. The number of rotatable bonds is 6. The highest BCUT2D eigenvalue weighted by Gasteiger charge is 2.46. The first-order chi connectivity index (χ1) is 16.0. The van der Waals surface area contributed by atoms with E-state index in [1.54, 1.807) is 18.3 Å². The van der Waals surface area contributed by atoms with Gasteiger partial charge in [-0.2, -0.15) is 0 Å². The van der Waals surface area contributed by atoms with Gasteiger partial charge in [0.15, 0.2) is 0 Å². The summed E-state index contributed by atoms with van der Waals surface area (Å²) in [6.45, 7) is 1.96. The number of halogens is 2. The van der Waals surface area contributed by atoms with Crippen molar-refractivity contribution in [3.8, 4) is 5.88 Å². The number of carbonyl (C=O) groups is 1. The average molecular weight is 465 g/mol. The third-order valence-electron chi connectivity index (χ3n) is 5.32. The normalized spacial score (nSPS) is 17.1. The number of ether oxygens (including phenoxy) is 1. The maximum Gasteiger partial charge on any atom is 0.229 e. The lowest BCUT2D eigenvalue weighted by molar-refractivity contribution is -0.117. The Morgan fingerprint density at radius 2 is 2.09 bits per heavy atom. The number of nitrogens with zero attached hydrogens (tertiary/aromatic N) is 5. The summed E-state index contributed by atoms with van der Waals surface area (Å²) < 4.78 is 20.0. The molecule has 8 nitrogen and oxygen atoms in total. The summed E-state index contributed by atoms with van der Waals surface area (Å²) >= 11 is 5.96. The smallest absolute Gasteiger partial charge is 0.229 e. The molecule has 2 atom stereocenters. The van der Waals surface area contributed by atoms with Crippen LogP contribution in [0.1, 0.15) is 29.4 Å². The van der Waals surface area contributed by atoms with Gasteiger partial charge in [0.1, 0.15) is 35.9 Å². The molecule has 10 heteroatoms. The van der Waals surface area contributed by atoms with Crippen molar-refractivity contribution in [2.75, 3.05) is 5.32 Å². The Morgan fingerprint density at radius 1 is 1.21 bits per heavy atom. The number of nitrogens with one attached hydrogen (secondary N) is 1. The molecule has 1 N–H and O–H groups in total. The Labute approximate surface area is 193 Å². The van der Waals surface area contributed by atoms with Gasteiger partial charge in [0.2, 0.25) is 11.8 Å². The van der Waals surface area contributed by atoms with Crippen LogP contribution in [0.15, 0.2) is 49.1 Å². The Morgan fingerprint density at radius 3 is 2.94 bits per heavy atom. The van der Waals surface area contributed by atoms with Crippen molar-refractivity contribution in [2.24, 2.45) is 5.92 Å². The molecular formula is C23H18ClFN6O2. The van der Waals surface area contributed by atoms with Crippen molar-refractivity contribution in [3.05, 3.63) is 77.0 Å². The summed E-state index contributed by atoms with van der Waals surface area (Å²) in [7, 11) is 0. The standard InChI is InChI=1S/C23H18ClFN6O2/c1-12-2-3-26-22(30-12)16-7-17(16)23(32)31-19-8-20(29-11-28-19)33-10-13-4-14-6-15(24)9-27-21(14)18(25)5-13/h2-6,8-9,11,16-17H,7,10H2,1H3,(H,28,29,31,32)/t16-,17-/m0/s1. The lowest BCUT2D eigenvalue weighted by Gasteiger charge is -2.09. The van der Waals surface area contributed by atoms with E-state index in [2.05, 4.69) is 30.2 Å². The molecule has 3 heterocycles. The van der Waals surface area contributed by atoms with Gasteiger partial charge in [-0.05, 0) is 43.2 Å². The molecule has 33 heavy (non-hydrogen) atoms. The summed E-state index contributed by atoms with van der Waals surface area (Å²) in [4.78, 5) is 33.4. The van der Waals surface area contributed by atoms with Gasteiger partial charge in [-0.15, -0.1) is 0 Å². The van der Waals surface area contributed by atoms with Gasteiger partial charge in [0.25, 0.3) is 0 Å². The summed E-state index contributed by atoms with van der Waals surface area (Å²) in [5, 5.41) is 3.78. The van der Waals surface area contributed by atoms with Crippen LogP contribution >= 0.6 is 11.6 Å². The van der Waals surface area contributed by atoms with Crippen LogP contribution in [0, 0.1) is 18.7 Å². The van der Waals surface area contributed by atoms with Gasteiger partial charge in [-0.1, -0.05) is 11.6 Å². The zero-order valence-electron chi connectivity index (χ0n) is 17.5. The molecule has 1 aliphatic rings. The highest BCUT2D eigenvalue weighted by molar-refractivity contribution is 6.31. The van der Waals surface area contributed by atoms with E-state index in [1.807, 2.05) is 13.0 Å². The number of aryl methyl sites for hydroxylation is 1. The minimum absolute atomic E-state index is 0.00764. The number of benzene rings is 1. The SMILES string of the molecule is Cc1ccnc([C@H]2C[C@@H]2C(=O)Nc2cc(OCc3cc(F)c4ncc(Cl)cc4c3)ncn2)n1. The van der Waals surface area contributed by atoms with Crippen molar-refractivity contribution < 1.29 is 13.9 Å². The van der Waals surface area contributed by atoms with Gasteiger partial charge >= 0.3 is 0 Å². The Hall–Kier alpha value is -3.72. The van der Waals surface area contributed by atoms with Crippen LogP contribution in [0.3, 0.4) is 0 Å². The van der Waals surface area contributed by atoms with Crippen LogP contribution in [0.2, 0.25) is 5.02 Å². The molecule has 0 saturated heterocycles. The van der Waals surface area contributed by atoms with Crippen LogP contribution in [0.25, 0.3) is 10.9 Å². The fourth-order valence-electron chi connectivity index (χ4n) is 3.60. The summed E-state index contributed by atoms with van der Waals surface area (Å²) in [6, 6.07) is 8.09. The van der Waals surface area contributed by atoms with E-state index in [1.165, 1.54) is 24.7 Å². The predicted octanol–water partition coefficient (Wildman–Crippen LogP) is 4.24. The number of anilines is 1. The maximum atomic E-state index is 14.3. The fourth-order valence-corrected chi connectivity index (χ4v) is 3.77. The first-order valence-corrected chi connectivity index (χ1v) is 10.6. The van der Waals surface area contributed by atoms with Gasteiger partial charge in [-0.3, -0.25) is 9.78 Å². The molecule has 3 aromatic heterocycles. The maximum absolute atomic E-state index is 14.3. The van der Waals surface area contributed by atoms with Crippen molar-refractivity contribution in [2.45, 2.75) is 25.9 Å². The molecule has 0 unspecified atom stereocenters. The number of pyridine rings is 1. The number of amides is 1. The van der Waals surface area contributed by atoms with Gasteiger partial charge in [0.05, 0.1) is 5.02 Å². The predicted molar refractivity (Wildman–Crippen MR) is 119 cm³/mol. The molecule has 0 bridgehead atoms. The van der Waals surface area contributed by atoms with E-state index in [0.29, 0.717) is 34.0 Å². The fraction of sp³-hybridized carbons (Fsp3) is 0.217. The average Bonchev–Trinajstić information content (AvgIpc) is 3.59. The molecule has 4 aromatic rings. The number of carbonyl (C=O) groups excluding carboxylic acids is 1. The second kappa shape index (κ2) is 8.67. The Balaban J connectivity index is 1.23. The minimum atomic E-state index is -0.463. The van der Waals surface area contributed by atoms with E-state index in [4.69, 9.17) is 16.3 Å². The highest BCUT2D eigenvalue weighted by atomic mass is 35.5. The number of hydrogen-bond donors (Lipinski definition) is 1. The molecule has 1 saturated carbocycles. The van der Waals surface area contributed by atoms with E-state index >= 15 is 0 Å². The van der Waals surface area contributed by atoms with Gasteiger partial charge < -0.3 is 10.1 Å². The summed E-state index contributed by atoms with van der Waals surface area (Å²) in [5.41, 5.74) is 1.70. The molecular weight excluding hydrogens is 447 g/mol. The van der Waals surface area contributed by atoms with Gasteiger partial charge in [-0.25, -0.2) is 24.3 Å². The summed E-state index contributed by atoms with van der Waals surface area (Å²) in [6.07, 6.45) is 5.09. The molecule has 1 amide bonds. The largest absolute Gasteiger partial charge is 0.473 e. The molecule has 0 spiro atoms. The number of aromatic nitrogens is 5. The van der Waals surface area contributed by atoms with E-state index in [-0.39, 0.29) is 35.7 Å². The molecule has 0 radical (unpaired) electrons. The lowest BCUT2D eigenvalue weighted by Crippen LogP contribution is -2.16. The minimum Gasteiger partial charge on any atom is -0.473 e. The molecule has 0 aliphatic heterocycles. The molecule has 166 valence electrons. The van der Waals surface area contributed by atoms with E-state index in [9.17, 15) is 9.18 Å². The topological polar surface area (TPSA) is 103 Å². The van der Waals surface area contributed by atoms with E-state index in [0.717, 1.165) is 5.69 Å². The monoisotopic (exact) mass is 464 g/mol. The molecule has 1 fully saturated rings. The van der Waals surface area contributed by atoms with Crippen LogP contribution in [-0.2, 0) is 11.4 Å². The van der Waals surface area contributed by atoms with Crippen molar-refractivity contribution in [1.29, 1.82) is 0 Å². The highest BCUT2D eigenvalue weighted by Crippen LogP contribution is 2.46.